The number of nitrogens with zero attached hydrogens (tertiary/aromatic N) is 2. The molecule has 1 aromatic heterocycles. The van der Waals surface area contributed by atoms with Crippen LogP contribution in [0.25, 0.3) is 0 Å². The number of amides is 1. The van der Waals surface area contributed by atoms with Gasteiger partial charge in [0.2, 0.25) is 0 Å². The second-order valence-electron chi connectivity index (χ2n) is 6.20. The van der Waals surface area contributed by atoms with Crippen molar-refractivity contribution in [2.24, 2.45) is 0 Å². The molecule has 0 bridgehead atoms. The summed E-state index contributed by atoms with van der Waals surface area (Å²) in [7, 11) is -3.48. The first kappa shape index (κ1) is 19.5. The smallest absolute Gasteiger partial charge is 0.253 e. The molecule has 0 N–H and O–H groups in total. The van der Waals surface area contributed by atoms with Crippen LogP contribution in [0.4, 0.5) is 0 Å². The van der Waals surface area contributed by atoms with Gasteiger partial charge in [-0.05, 0) is 52.2 Å². The highest BCUT2D eigenvalue weighted by molar-refractivity contribution is 9.11. The van der Waals surface area contributed by atoms with Gasteiger partial charge in [-0.15, -0.1) is 11.3 Å². The van der Waals surface area contributed by atoms with Crippen molar-refractivity contribution in [1.29, 1.82) is 0 Å². The van der Waals surface area contributed by atoms with E-state index in [1.54, 1.807) is 17.0 Å². The van der Waals surface area contributed by atoms with E-state index >= 15 is 0 Å². The van der Waals surface area contributed by atoms with Gasteiger partial charge in [0, 0.05) is 31.7 Å². The first-order valence-corrected chi connectivity index (χ1v) is 11.6. The van der Waals surface area contributed by atoms with Crippen LogP contribution in [-0.2, 0) is 16.4 Å². The minimum Gasteiger partial charge on any atom is -0.336 e. The number of hydrogen-bond donors (Lipinski definition) is 0. The molecule has 1 aliphatic rings. The monoisotopic (exact) mass is 456 g/mol. The van der Waals surface area contributed by atoms with E-state index in [4.69, 9.17) is 0 Å². The molecule has 26 heavy (non-hydrogen) atoms. The minimum absolute atomic E-state index is 0.0380. The van der Waals surface area contributed by atoms with Crippen molar-refractivity contribution < 1.29 is 13.2 Å². The molecule has 1 saturated heterocycles. The van der Waals surface area contributed by atoms with Gasteiger partial charge in [0.05, 0.1) is 3.79 Å². The Balaban J connectivity index is 1.63. The van der Waals surface area contributed by atoms with E-state index in [1.165, 1.54) is 21.2 Å². The average Bonchev–Trinajstić information content (AvgIpc) is 3.09. The topological polar surface area (TPSA) is 57.7 Å². The van der Waals surface area contributed by atoms with E-state index in [1.807, 2.05) is 24.3 Å². The molecular formula is C18H21BrN2O3S2. The van der Waals surface area contributed by atoms with Crippen molar-refractivity contribution in [3.8, 4) is 0 Å². The highest BCUT2D eigenvalue weighted by Crippen LogP contribution is 2.29. The lowest BCUT2D eigenvalue weighted by molar-refractivity contribution is 0.0698. The zero-order valence-electron chi connectivity index (χ0n) is 14.5. The maximum atomic E-state index is 12.7. The van der Waals surface area contributed by atoms with Gasteiger partial charge in [0.15, 0.2) is 0 Å². The van der Waals surface area contributed by atoms with Gasteiger partial charge in [-0.2, -0.15) is 4.31 Å². The van der Waals surface area contributed by atoms with Crippen molar-refractivity contribution in [2.45, 2.75) is 24.0 Å². The summed E-state index contributed by atoms with van der Waals surface area (Å²) in [6.07, 6.45) is 2.08. The Morgan fingerprint density at radius 2 is 1.73 bits per heavy atom. The third kappa shape index (κ3) is 4.19. The third-order valence-corrected chi connectivity index (χ3v) is 8.40. The quantitative estimate of drug-likeness (QED) is 0.690. The molecule has 0 unspecified atom stereocenters. The summed E-state index contributed by atoms with van der Waals surface area (Å²) in [6, 6.07) is 11.1. The molecule has 5 nitrogen and oxygen atoms in total. The third-order valence-electron chi connectivity index (χ3n) is 4.41. The fraction of sp³-hybridized carbons (Fsp3) is 0.389. The predicted molar refractivity (Wildman–Crippen MR) is 107 cm³/mol. The van der Waals surface area contributed by atoms with Crippen LogP contribution in [0.1, 0.15) is 29.3 Å². The number of piperazine rings is 1. The summed E-state index contributed by atoms with van der Waals surface area (Å²) >= 11 is 4.50. The van der Waals surface area contributed by atoms with Gasteiger partial charge in [-0.25, -0.2) is 8.42 Å². The number of sulfonamides is 1. The van der Waals surface area contributed by atoms with Crippen molar-refractivity contribution in [3.05, 3.63) is 51.3 Å². The maximum Gasteiger partial charge on any atom is 0.253 e. The molecule has 140 valence electrons. The second-order valence-corrected chi connectivity index (χ2v) is 10.8. The molecule has 0 radical (unpaired) electrons. The normalized spacial score (nSPS) is 16.0. The molecule has 1 aromatic carbocycles. The number of rotatable bonds is 5. The lowest BCUT2D eigenvalue weighted by Crippen LogP contribution is -2.50. The Morgan fingerprint density at radius 3 is 2.27 bits per heavy atom. The number of halogens is 1. The molecular weight excluding hydrogens is 436 g/mol. The summed E-state index contributed by atoms with van der Waals surface area (Å²) in [5.74, 6) is -0.0380. The second kappa shape index (κ2) is 8.21. The lowest BCUT2D eigenvalue weighted by Gasteiger charge is -2.33. The molecule has 1 aliphatic heterocycles. The summed E-state index contributed by atoms with van der Waals surface area (Å²) < 4.78 is 27.9. The molecule has 1 amide bonds. The Labute approximate surface area is 166 Å². The van der Waals surface area contributed by atoms with E-state index in [-0.39, 0.29) is 5.91 Å². The Kier molecular flexibility index (Phi) is 6.17. The van der Waals surface area contributed by atoms with Crippen molar-refractivity contribution >= 4 is 43.2 Å². The molecule has 2 heterocycles. The van der Waals surface area contributed by atoms with E-state index < -0.39 is 10.0 Å². The average molecular weight is 457 g/mol. The first-order chi connectivity index (χ1) is 12.4. The summed E-state index contributed by atoms with van der Waals surface area (Å²) in [5, 5.41) is 0. The van der Waals surface area contributed by atoms with E-state index in [0.29, 0.717) is 36.0 Å². The van der Waals surface area contributed by atoms with Crippen LogP contribution in [-0.4, -0.2) is 49.7 Å². The highest BCUT2D eigenvalue weighted by atomic mass is 79.9. The lowest BCUT2D eigenvalue weighted by atomic mass is 10.1. The van der Waals surface area contributed by atoms with Crippen LogP contribution in [0.5, 0.6) is 0 Å². The molecule has 1 fully saturated rings. The Morgan fingerprint density at radius 1 is 1.08 bits per heavy atom. The van der Waals surface area contributed by atoms with Crippen LogP contribution in [0.2, 0.25) is 0 Å². The molecule has 3 rings (SSSR count). The maximum absolute atomic E-state index is 12.7. The van der Waals surface area contributed by atoms with Crippen molar-refractivity contribution in [1.82, 2.24) is 9.21 Å². The molecule has 0 atom stereocenters. The minimum atomic E-state index is -3.48. The van der Waals surface area contributed by atoms with E-state index in [9.17, 15) is 13.2 Å². The SMILES string of the molecule is CCCc1ccc(C(=O)N2CCN(S(=O)(=O)c3ccc(Br)s3)CC2)cc1. The van der Waals surface area contributed by atoms with Crippen molar-refractivity contribution in [3.63, 3.8) is 0 Å². The van der Waals surface area contributed by atoms with E-state index in [2.05, 4.69) is 22.9 Å². The van der Waals surface area contributed by atoms with Gasteiger partial charge >= 0.3 is 0 Å². The Bertz CT molecular complexity index is 870. The standard InChI is InChI=1S/C18H21BrN2O3S2/c1-2-3-14-4-6-15(7-5-14)18(22)20-10-12-21(13-11-20)26(23,24)17-9-8-16(19)25-17/h4-9H,2-3,10-13H2,1H3. The molecule has 8 heteroatoms. The first-order valence-electron chi connectivity index (χ1n) is 8.55. The van der Waals surface area contributed by atoms with Crippen molar-refractivity contribution in [2.75, 3.05) is 26.2 Å². The van der Waals surface area contributed by atoms with Crippen LogP contribution in [0, 0.1) is 0 Å². The molecule has 0 saturated carbocycles. The number of thiophene rings is 1. The van der Waals surface area contributed by atoms with Gasteiger partial charge in [0.1, 0.15) is 4.21 Å². The zero-order chi connectivity index (χ0) is 18.7. The van der Waals surface area contributed by atoms with Crippen LogP contribution in [0.15, 0.2) is 44.4 Å². The summed E-state index contributed by atoms with van der Waals surface area (Å²) in [6.45, 7) is 3.57. The number of hydrogen-bond acceptors (Lipinski definition) is 4. The fourth-order valence-corrected chi connectivity index (χ4v) is 6.57. The van der Waals surface area contributed by atoms with Gasteiger partial charge < -0.3 is 4.90 Å². The van der Waals surface area contributed by atoms with Crippen LogP contribution in [0.3, 0.4) is 0 Å². The zero-order valence-corrected chi connectivity index (χ0v) is 17.7. The summed E-state index contributed by atoms with van der Waals surface area (Å²) in [4.78, 5) is 14.4. The molecule has 0 spiro atoms. The van der Waals surface area contributed by atoms with Gasteiger partial charge in [0.25, 0.3) is 15.9 Å². The molecule has 0 aliphatic carbocycles. The van der Waals surface area contributed by atoms with E-state index in [0.717, 1.165) is 16.6 Å². The van der Waals surface area contributed by atoms with Gasteiger partial charge in [-0.1, -0.05) is 25.5 Å². The predicted octanol–water partition coefficient (Wildman–Crippen LogP) is 3.61. The number of aryl methyl sites for hydroxylation is 1. The van der Waals surface area contributed by atoms with Gasteiger partial charge in [-0.3, -0.25) is 4.79 Å². The highest BCUT2D eigenvalue weighted by Gasteiger charge is 2.31. The molecule has 2 aromatic rings. The number of carbonyl (C=O) groups is 1. The largest absolute Gasteiger partial charge is 0.336 e. The number of carbonyl (C=O) groups excluding carboxylic acids is 1. The van der Waals surface area contributed by atoms with Crippen LogP contribution < -0.4 is 0 Å². The summed E-state index contributed by atoms with van der Waals surface area (Å²) in [5.41, 5.74) is 1.88. The van der Waals surface area contributed by atoms with Crippen LogP contribution >= 0.6 is 27.3 Å². The number of benzene rings is 1. The Hall–Kier alpha value is -1.22. The fourth-order valence-electron chi connectivity index (χ4n) is 2.98.